The molecule has 4 heteroatoms. The van der Waals surface area contributed by atoms with Gasteiger partial charge in [-0.1, -0.05) is 24.0 Å². The van der Waals surface area contributed by atoms with E-state index in [4.69, 9.17) is 5.10 Å². The van der Waals surface area contributed by atoms with Crippen LogP contribution in [0.15, 0.2) is 30.5 Å². The summed E-state index contributed by atoms with van der Waals surface area (Å²) in [6, 6.07) is 9.48. The predicted molar refractivity (Wildman–Crippen MR) is 88.4 cm³/mol. The van der Waals surface area contributed by atoms with Crippen molar-refractivity contribution in [3.05, 3.63) is 41.7 Å². The summed E-state index contributed by atoms with van der Waals surface area (Å²) in [5.74, 6) is 0. The van der Waals surface area contributed by atoms with Crippen molar-refractivity contribution in [2.45, 2.75) is 38.1 Å². The van der Waals surface area contributed by atoms with Gasteiger partial charge in [0.25, 0.3) is 0 Å². The monoisotopic (exact) mass is 279 g/mol. The fourth-order valence-corrected chi connectivity index (χ4v) is 3.44. The summed E-state index contributed by atoms with van der Waals surface area (Å²) >= 11 is 0. The Kier molecular flexibility index (Phi) is 3.34. The van der Waals surface area contributed by atoms with Crippen LogP contribution in [-0.2, 0) is 12.8 Å². The zero-order valence-electron chi connectivity index (χ0n) is 12.8. The normalized spacial score (nSPS) is 19.8. The van der Waals surface area contributed by atoms with Crippen LogP contribution in [0, 0.1) is 0 Å². The van der Waals surface area contributed by atoms with E-state index in [2.05, 4.69) is 47.9 Å². The second-order valence-corrected chi connectivity index (χ2v) is 6.50. The Balaban J connectivity index is 1.53. The van der Waals surface area contributed by atoms with E-state index < -0.39 is 0 Å². The van der Waals surface area contributed by atoms with Gasteiger partial charge >= 0.3 is 0 Å². The van der Waals surface area contributed by atoms with Gasteiger partial charge < -0.3 is 0 Å². The third kappa shape index (κ3) is 2.53. The van der Waals surface area contributed by atoms with Crippen molar-refractivity contribution in [3.8, 4) is 5.69 Å². The van der Waals surface area contributed by atoms with Crippen molar-refractivity contribution >= 4 is 13.3 Å². The number of hydrogen-bond acceptors (Lipinski definition) is 2. The summed E-state index contributed by atoms with van der Waals surface area (Å²) in [6.45, 7) is 2.39. The van der Waals surface area contributed by atoms with E-state index in [0.29, 0.717) is 0 Å². The molecule has 1 fully saturated rings. The maximum atomic E-state index is 4.84. The molecule has 1 saturated carbocycles. The molecular weight excluding hydrogens is 257 g/mol. The van der Waals surface area contributed by atoms with Crippen LogP contribution in [0.5, 0.6) is 0 Å². The van der Waals surface area contributed by atoms with Gasteiger partial charge in [-0.25, -0.2) is 4.68 Å². The van der Waals surface area contributed by atoms with Crippen LogP contribution in [0.1, 0.15) is 30.5 Å². The summed E-state index contributed by atoms with van der Waals surface area (Å²) in [7, 11) is 2.12. The molecule has 2 heterocycles. The molecule has 0 amide bonds. The molecule has 0 N–H and O–H groups in total. The molecule has 21 heavy (non-hydrogen) atoms. The van der Waals surface area contributed by atoms with Crippen LogP contribution in [0.3, 0.4) is 0 Å². The third-order valence-corrected chi connectivity index (χ3v) is 5.07. The molecule has 0 atom stereocenters. The molecular formula is C17H22BN3. The second-order valence-electron chi connectivity index (χ2n) is 6.50. The maximum absolute atomic E-state index is 4.84. The van der Waals surface area contributed by atoms with Gasteiger partial charge in [0, 0.05) is 31.7 Å². The number of hydrogen-bond donors (Lipinski definition) is 0. The van der Waals surface area contributed by atoms with Gasteiger partial charge in [-0.2, -0.15) is 5.10 Å². The summed E-state index contributed by atoms with van der Waals surface area (Å²) in [6.07, 6.45) is 8.72. The van der Waals surface area contributed by atoms with Crippen molar-refractivity contribution in [2.75, 3.05) is 13.1 Å². The number of benzene rings is 1. The number of aromatic nitrogens is 2. The molecule has 0 saturated heterocycles. The molecule has 3 nitrogen and oxygen atoms in total. The van der Waals surface area contributed by atoms with Gasteiger partial charge in [0.15, 0.2) is 0 Å². The highest BCUT2D eigenvalue weighted by molar-refractivity contribution is 6.32. The summed E-state index contributed by atoms with van der Waals surface area (Å²) in [4.78, 5) is 2.68. The Morgan fingerprint density at radius 2 is 1.81 bits per heavy atom. The molecule has 0 bridgehead atoms. The van der Waals surface area contributed by atoms with E-state index >= 15 is 0 Å². The molecule has 0 spiro atoms. The Hall–Kier alpha value is -1.55. The standard InChI is InChI=1S/C17H22BN3/c18-14-4-6-16(7-5-14)21-12-13-8-10-20(15-2-1-3-15)11-9-17(13)19-21/h4-7,12,15H,1-3,8-11,18H2. The molecule has 2 aliphatic rings. The lowest BCUT2D eigenvalue weighted by Crippen LogP contribution is -2.41. The van der Waals surface area contributed by atoms with E-state index in [1.807, 2.05) is 0 Å². The highest BCUT2D eigenvalue weighted by Crippen LogP contribution is 2.27. The van der Waals surface area contributed by atoms with Crippen molar-refractivity contribution in [1.29, 1.82) is 0 Å². The van der Waals surface area contributed by atoms with E-state index in [0.717, 1.165) is 18.9 Å². The summed E-state index contributed by atoms with van der Waals surface area (Å²) < 4.78 is 2.06. The smallest absolute Gasteiger partial charge is 0.139 e. The Labute approximate surface area is 127 Å². The van der Waals surface area contributed by atoms with E-state index in [1.54, 1.807) is 0 Å². The molecule has 1 aliphatic carbocycles. The Morgan fingerprint density at radius 1 is 1.05 bits per heavy atom. The highest BCUT2D eigenvalue weighted by atomic mass is 15.3. The van der Waals surface area contributed by atoms with Gasteiger partial charge in [0.05, 0.1) is 11.4 Å². The van der Waals surface area contributed by atoms with Crippen molar-refractivity contribution in [2.24, 2.45) is 0 Å². The maximum Gasteiger partial charge on any atom is 0.139 e. The van der Waals surface area contributed by atoms with Gasteiger partial charge in [-0.15, -0.1) is 0 Å². The quantitative estimate of drug-likeness (QED) is 0.767. The average Bonchev–Trinajstić information content (AvgIpc) is 2.75. The Morgan fingerprint density at radius 3 is 2.52 bits per heavy atom. The molecule has 108 valence electrons. The van der Waals surface area contributed by atoms with Gasteiger partial charge in [-0.3, -0.25) is 4.90 Å². The topological polar surface area (TPSA) is 21.1 Å². The van der Waals surface area contributed by atoms with Gasteiger partial charge in [0.2, 0.25) is 0 Å². The second kappa shape index (κ2) is 5.34. The molecule has 2 aromatic rings. The zero-order chi connectivity index (χ0) is 14.2. The number of fused-ring (bicyclic) bond motifs is 1. The van der Waals surface area contributed by atoms with E-state index in [9.17, 15) is 0 Å². The lowest BCUT2D eigenvalue weighted by Gasteiger charge is -2.36. The largest absolute Gasteiger partial charge is 0.300 e. The molecule has 1 aliphatic heterocycles. The minimum atomic E-state index is 0.859. The van der Waals surface area contributed by atoms with Crippen LogP contribution in [-0.4, -0.2) is 41.7 Å². The number of rotatable bonds is 2. The first-order chi connectivity index (χ1) is 10.3. The lowest BCUT2D eigenvalue weighted by molar-refractivity contribution is 0.133. The van der Waals surface area contributed by atoms with Crippen LogP contribution in [0.25, 0.3) is 5.69 Å². The molecule has 1 aromatic carbocycles. The third-order valence-electron chi connectivity index (χ3n) is 5.07. The lowest BCUT2D eigenvalue weighted by atomic mass is 9.91. The van der Waals surface area contributed by atoms with Crippen LogP contribution in [0.2, 0.25) is 0 Å². The molecule has 0 radical (unpaired) electrons. The first kappa shape index (κ1) is 13.1. The van der Waals surface area contributed by atoms with E-state index in [1.165, 1.54) is 54.8 Å². The fraction of sp³-hybridized carbons (Fsp3) is 0.471. The Bertz CT molecular complexity index is 602. The first-order valence-corrected chi connectivity index (χ1v) is 8.18. The molecule has 4 rings (SSSR count). The molecule has 1 aromatic heterocycles. The van der Waals surface area contributed by atoms with Crippen LogP contribution >= 0.6 is 0 Å². The molecule has 0 unspecified atom stereocenters. The van der Waals surface area contributed by atoms with Crippen molar-refractivity contribution in [3.63, 3.8) is 0 Å². The summed E-state index contributed by atoms with van der Waals surface area (Å²) in [5.41, 5.74) is 5.21. The van der Waals surface area contributed by atoms with Gasteiger partial charge in [0.1, 0.15) is 7.85 Å². The predicted octanol–water partition coefficient (Wildman–Crippen LogP) is 1.08. The van der Waals surface area contributed by atoms with Crippen molar-refractivity contribution < 1.29 is 0 Å². The van der Waals surface area contributed by atoms with Crippen molar-refractivity contribution in [1.82, 2.24) is 14.7 Å². The minimum absolute atomic E-state index is 0.859. The SMILES string of the molecule is Bc1ccc(-n2cc3c(n2)CCN(C2CCC2)CC3)cc1. The summed E-state index contributed by atoms with van der Waals surface area (Å²) in [5, 5.41) is 4.84. The van der Waals surface area contributed by atoms with E-state index in [-0.39, 0.29) is 0 Å². The number of nitrogens with zero attached hydrogens (tertiary/aromatic N) is 3. The fourth-order valence-electron chi connectivity index (χ4n) is 3.44. The average molecular weight is 279 g/mol. The van der Waals surface area contributed by atoms with Crippen LogP contribution < -0.4 is 5.46 Å². The minimum Gasteiger partial charge on any atom is -0.300 e. The first-order valence-electron chi connectivity index (χ1n) is 8.18. The zero-order valence-corrected chi connectivity index (χ0v) is 12.8. The highest BCUT2D eigenvalue weighted by Gasteiger charge is 2.27. The van der Waals surface area contributed by atoms with Gasteiger partial charge in [-0.05, 0) is 37.0 Å². The van der Waals surface area contributed by atoms with Crippen LogP contribution in [0.4, 0.5) is 0 Å².